The second kappa shape index (κ2) is 5.04. The number of aromatic nitrogens is 2. The Hall–Kier alpha value is -3.07. The molecule has 0 saturated carbocycles. The molecule has 2 aromatic rings. The van der Waals surface area contributed by atoms with E-state index in [1.54, 1.807) is 12.1 Å². The number of nitrogens with zero attached hydrogens (tertiary/aromatic N) is 4. The number of rotatable bonds is 4. The molecule has 9 nitrogen and oxygen atoms in total. The number of hydrogen-bond acceptors (Lipinski definition) is 6. The van der Waals surface area contributed by atoms with Gasteiger partial charge in [-0.1, -0.05) is 17.1 Å². The van der Waals surface area contributed by atoms with Crippen LogP contribution in [0.4, 0.5) is 5.95 Å². The molecule has 0 aliphatic carbocycles. The van der Waals surface area contributed by atoms with Crippen LogP contribution in [0.5, 0.6) is 0 Å². The van der Waals surface area contributed by atoms with E-state index in [0.717, 1.165) is 9.47 Å². The molecule has 0 spiro atoms. The largest absolute Gasteiger partial charge is 0.436 e. The quantitative estimate of drug-likeness (QED) is 0.501. The molecule has 1 atom stereocenters. The van der Waals surface area contributed by atoms with E-state index in [1.807, 2.05) is 0 Å². The van der Waals surface area contributed by atoms with Crippen molar-refractivity contribution in [2.24, 2.45) is 0 Å². The number of carbonyl (C=O) groups is 2. The molecule has 1 aliphatic heterocycles. The molecule has 0 fully saturated rings. The van der Waals surface area contributed by atoms with Crippen LogP contribution in [-0.4, -0.2) is 42.9 Å². The van der Waals surface area contributed by atoms with Gasteiger partial charge in [0.2, 0.25) is 0 Å². The minimum Gasteiger partial charge on any atom is -0.391 e. The standard InChI is InChI=1S/C13H10N4O5/c18-7-10(15-6-5-14-13(15)17(21)22)16-11(19)8-3-1-2-4-9(8)12(16)20/h1-6,10,18H,7H2. The van der Waals surface area contributed by atoms with Crippen molar-refractivity contribution in [1.29, 1.82) is 0 Å². The van der Waals surface area contributed by atoms with E-state index in [-0.39, 0.29) is 11.1 Å². The lowest BCUT2D eigenvalue weighted by Crippen LogP contribution is -2.39. The number of imide groups is 1. The Morgan fingerprint density at radius 1 is 1.23 bits per heavy atom. The van der Waals surface area contributed by atoms with Crippen LogP contribution in [0.15, 0.2) is 36.7 Å². The monoisotopic (exact) mass is 302 g/mol. The fourth-order valence-corrected chi connectivity index (χ4v) is 2.45. The van der Waals surface area contributed by atoms with Gasteiger partial charge >= 0.3 is 5.95 Å². The van der Waals surface area contributed by atoms with Gasteiger partial charge in [-0.25, -0.2) is 9.47 Å². The predicted octanol–water partition coefficient (Wildman–Crippen LogP) is 0.578. The van der Waals surface area contributed by atoms with Gasteiger partial charge in [0.25, 0.3) is 11.8 Å². The third-order valence-electron chi connectivity index (χ3n) is 3.42. The zero-order valence-corrected chi connectivity index (χ0v) is 11.1. The fraction of sp³-hybridized carbons (Fsp3) is 0.154. The summed E-state index contributed by atoms with van der Waals surface area (Å²) in [7, 11) is 0. The molecular formula is C13H10N4O5. The van der Waals surface area contributed by atoms with E-state index >= 15 is 0 Å². The zero-order valence-electron chi connectivity index (χ0n) is 11.1. The maximum atomic E-state index is 12.4. The Kier molecular flexibility index (Phi) is 3.18. The van der Waals surface area contributed by atoms with Crippen LogP contribution in [0.25, 0.3) is 0 Å². The maximum absolute atomic E-state index is 12.4. The van der Waals surface area contributed by atoms with Crippen molar-refractivity contribution >= 4 is 17.8 Å². The number of benzene rings is 1. The van der Waals surface area contributed by atoms with Gasteiger partial charge in [0.05, 0.1) is 17.7 Å². The molecule has 0 bridgehead atoms. The molecular weight excluding hydrogens is 292 g/mol. The molecule has 2 heterocycles. The number of aliphatic hydroxyl groups excluding tert-OH is 1. The first-order chi connectivity index (χ1) is 10.6. The average molecular weight is 302 g/mol. The van der Waals surface area contributed by atoms with E-state index < -0.39 is 35.5 Å². The Morgan fingerprint density at radius 3 is 2.32 bits per heavy atom. The van der Waals surface area contributed by atoms with Crippen LogP contribution in [0, 0.1) is 10.1 Å². The summed E-state index contributed by atoms with van der Waals surface area (Å²) < 4.78 is 0.988. The summed E-state index contributed by atoms with van der Waals surface area (Å²) in [5.74, 6) is -1.78. The van der Waals surface area contributed by atoms with Crippen LogP contribution in [0.3, 0.4) is 0 Å². The topological polar surface area (TPSA) is 119 Å². The summed E-state index contributed by atoms with van der Waals surface area (Å²) in [6, 6.07) is 6.21. The fourth-order valence-electron chi connectivity index (χ4n) is 2.45. The number of nitro groups is 1. The first kappa shape index (κ1) is 13.9. The summed E-state index contributed by atoms with van der Waals surface area (Å²) >= 11 is 0. The number of hydrogen-bond donors (Lipinski definition) is 1. The molecule has 22 heavy (non-hydrogen) atoms. The van der Waals surface area contributed by atoms with Crippen LogP contribution < -0.4 is 0 Å². The first-order valence-corrected chi connectivity index (χ1v) is 6.31. The second-order valence-electron chi connectivity index (χ2n) is 4.58. The highest BCUT2D eigenvalue weighted by atomic mass is 16.6. The summed E-state index contributed by atoms with van der Waals surface area (Å²) in [6.45, 7) is -0.664. The number of imidazole rings is 1. The van der Waals surface area contributed by atoms with Crippen molar-refractivity contribution in [3.05, 3.63) is 57.9 Å². The highest BCUT2D eigenvalue weighted by Crippen LogP contribution is 2.30. The van der Waals surface area contributed by atoms with Gasteiger partial charge in [-0.2, -0.15) is 0 Å². The van der Waals surface area contributed by atoms with Gasteiger partial charge in [0, 0.05) is 0 Å². The maximum Gasteiger partial charge on any atom is 0.436 e. The highest BCUT2D eigenvalue weighted by Gasteiger charge is 2.43. The molecule has 0 saturated heterocycles. The lowest BCUT2D eigenvalue weighted by atomic mass is 10.1. The van der Waals surface area contributed by atoms with Crippen molar-refractivity contribution in [3.8, 4) is 0 Å². The zero-order chi connectivity index (χ0) is 15.9. The van der Waals surface area contributed by atoms with Crippen molar-refractivity contribution in [1.82, 2.24) is 14.5 Å². The third-order valence-corrected chi connectivity index (χ3v) is 3.42. The summed E-state index contributed by atoms with van der Waals surface area (Å²) in [6.07, 6.45) is 1.18. The summed E-state index contributed by atoms with van der Waals surface area (Å²) in [4.78, 5) is 39.3. The smallest absolute Gasteiger partial charge is 0.391 e. The molecule has 1 aliphatic rings. The Balaban J connectivity index is 2.06. The molecule has 1 unspecified atom stereocenters. The van der Waals surface area contributed by atoms with E-state index in [1.165, 1.54) is 24.5 Å². The minimum absolute atomic E-state index is 0.203. The van der Waals surface area contributed by atoms with Crippen LogP contribution >= 0.6 is 0 Å². The van der Waals surface area contributed by atoms with Gasteiger partial charge in [-0.05, 0) is 17.1 Å². The van der Waals surface area contributed by atoms with Crippen LogP contribution in [-0.2, 0) is 0 Å². The molecule has 0 radical (unpaired) electrons. The molecule has 1 N–H and O–H groups in total. The average Bonchev–Trinajstić information content (AvgIpc) is 3.08. The lowest BCUT2D eigenvalue weighted by molar-refractivity contribution is -0.397. The molecule has 9 heteroatoms. The van der Waals surface area contributed by atoms with Gasteiger partial charge < -0.3 is 15.2 Å². The van der Waals surface area contributed by atoms with E-state index in [4.69, 9.17) is 0 Å². The van der Waals surface area contributed by atoms with Crippen molar-refractivity contribution < 1.29 is 19.6 Å². The van der Waals surface area contributed by atoms with E-state index in [0.29, 0.717) is 0 Å². The van der Waals surface area contributed by atoms with Gasteiger partial charge in [0.1, 0.15) is 12.4 Å². The number of carbonyl (C=O) groups excluding carboxylic acids is 2. The van der Waals surface area contributed by atoms with Gasteiger partial charge in [-0.15, -0.1) is 0 Å². The van der Waals surface area contributed by atoms with Crippen LogP contribution in [0.2, 0.25) is 0 Å². The lowest BCUT2D eigenvalue weighted by Gasteiger charge is -2.22. The predicted molar refractivity (Wildman–Crippen MR) is 71.9 cm³/mol. The summed E-state index contributed by atoms with van der Waals surface area (Å²) in [5, 5.41) is 20.5. The van der Waals surface area contributed by atoms with Gasteiger partial charge in [-0.3, -0.25) is 9.59 Å². The second-order valence-corrected chi connectivity index (χ2v) is 4.58. The number of fused-ring (bicyclic) bond motifs is 1. The normalized spacial score (nSPS) is 15.0. The molecule has 1 aromatic carbocycles. The van der Waals surface area contributed by atoms with E-state index in [2.05, 4.69) is 4.98 Å². The Labute approximate surface area is 123 Å². The minimum atomic E-state index is -1.23. The van der Waals surface area contributed by atoms with Crippen LogP contribution in [0.1, 0.15) is 26.9 Å². The van der Waals surface area contributed by atoms with Crippen molar-refractivity contribution in [2.75, 3.05) is 6.61 Å². The molecule has 112 valence electrons. The molecule has 3 rings (SSSR count). The van der Waals surface area contributed by atoms with Crippen molar-refractivity contribution in [2.45, 2.75) is 6.17 Å². The van der Waals surface area contributed by atoms with Gasteiger partial charge in [0.15, 0.2) is 6.17 Å². The highest BCUT2D eigenvalue weighted by molar-refractivity contribution is 6.21. The Bertz CT molecular complexity index is 749. The molecule has 2 amide bonds. The summed E-state index contributed by atoms with van der Waals surface area (Å²) in [5.41, 5.74) is 0.405. The number of amides is 2. The number of aliphatic hydroxyl groups is 1. The SMILES string of the molecule is O=C1c2ccccc2C(=O)N1C(CO)n1ccnc1[N+](=O)[O-]. The Morgan fingerprint density at radius 2 is 1.82 bits per heavy atom. The molecule has 1 aromatic heterocycles. The van der Waals surface area contributed by atoms with E-state index in [9.17, 15) is 24.8 Å². The third kappa shape index (κ3) is 1.87. The first-order valence-electron chi connectivity index (χ1n) is 6.31. The van der Waals surface area contributed by atoms with Crippen molar-refractivity contribution in [3.63, 3.8) is 0 Å².